The van der Waals surface area contributed by atoms with Gasteiger partial charge in [-0.25, -0.2) is 0 Å². The molecule has 0 heterocycles. The van der Waals surface area contributed by atoms with Gasteiger partial charge < -0.3 is 25.2 Å². The Bertz CT molecular complexity index is 2240. The molecule has 9 heteroatoms. The van der Waals surface area contributed by atoms with Crippen LogP contribution in [0.15, 0.2) is 115 Å². The minimum absolute atomic E-state index is 0. The van der Waals surface area contributed by atoms with E-state index >= 15 is 0 Å². The third-order valence-corrected chi connectivity index (χ3v) is 13.5. The Balaban J connectivity index is -0.000000834. The summed E-state index contributed by atoms with van der Waals surface area (Å²) in [6, 6.07) is 31.9. The van der Waals surface area contributed by atoms with Crippen LogP contribution in [0.1, 0.15) is 103 Å². The molecule has 0 atom stereocenters. The number of aliphatic hydroxyl groups excluding tert-OH is 1. The van der Waals surface area contributed by atoms with Gasteiger partial charge in [-0.05, 0) is 128 Å². The number of aliphatic hydroxyl groups is 1. The number of aldehydes is 1. The normalized spacial score (nSPS) is 9.37. The van der Waals surface area contributed by atoms with Gasteiger partial charge in [0.15, 0.2) is 0 Å². The third-order valence-electron chi connectivity index (χ3n) is 9.11. The van der Waals surface area contributed by atoms with E-state index in [2.05, 4.69) is 199 Å². The molecule has 0 radical (unpaired) electrons. The van der Waals surface area contributed by atoms with E-state index in [0.29, 0.717) is 6.42 Å². The highest BCUT2D eigenvalue weighted by Gasteiger charge is 2.21. The van der Waals surface area contributed by atoms with Crippen LogP contribution in [0.3, 0.4) is 0 Å². The number of amides is 2. The summed E-state index contributed by atoms with van der Waals surface area (Å²) in [6.45, 7) is 6.95. The Morgan fingerprint density at radius 3 is 1.31 bits per heavy atom. The summed E-state index contributed by atoms with van der Waals surface area (Å²) < 4.78 is 0. The second-order valence-corrected chi connectivity index (χ2v) is 24.0. The summed E-state index contributed by atoms with van der Waals surface area (Å²) in [6.07, 6.45) is 36.7. The Hall–Kier alpha value is -6.92. The molecule has 0 saturated heterocycles. The van der Waals surface area contributed by atoms with Crippen LogP contribution in [0, 0.1) is 83.5 Å². The number of halogens is 1. The zero-order valence-electron chi connectivity index (χ0n) is 43.2. The fourth-order valence-electron chi connectivity index (χ4n) is 5.40. The molecule has 0 spiro atoms. The maximum absolute atomic E-state index is 10.7. The van der Waals surface area contributed by atoms with Gasteiger partial charge in [-0.2, -0.15) is 0 Å². The number of likely N-dealkylation sites (N-methyl/N-ethyl adjacent to an activating group) is 2. The van der Waals surface area contributed by atoms with Crippen molar-refractivity contribution in [2.45, 2.75) is 123 Å². The molecule has 0 unspecified atom stereocenters. The monoisotopic (exact) mass is 992 g/mol. The van der Waals surface area contributed by atoms with Crippen molar-refractivity contribution in [3.05, 3.63) is 115 Å². The fraction of sp³-hybridized carbons (Fsp3) is 0.355. The molecule has 0 aromatic heterocycles. The van der Waals surface area contributed by atoms with Crippen LogP contribution in [0.25, 0.3) is 0 Å². The molecule has 0 aliphatic carbocycles. The minimum Gasteiger partial charge on any atom is -1.00 e. The molecule has 3 aromatic rings. The Kier molecular flexibility index (Phi) is 47.6. The van der Waals surface area contributed by atoms with Crippen molar-refractivity contribution in [2.75, 3.05) is 20.7 Å². The molecule has 0 aliphatic rings. The van der Waals surface area contributed by atoms with E-state index in [0.717, 1.165) is 89.8 Å². The smallest absolute Gasteiger partial charge is 0.243 e. The molecular weight excluding hydrogens is 915 g/mol. The molecule has 0 aliphatic heterocycles. The number of allylic oxidation sites excluding steroid dienone is 2. The van der Waals surface area contributed by atoms with Crippen molar-refractivity contribution >= 4 is 55.3 Å². The number of terminal acetylenes is 2. The molecule has 0 bridgehead atoms. The van der Waals surface area contributed by atoms with Crippen LogP contribution in [0.4, 0.5) is 0 Å². The molecule has 376 valence electrons. The highest BCUT2D eigenvalue weighted by atomic mass is 31.2. The lowest BCUT2D eigenvalue weighted by molar-refractivity contribution is -0.116. The molecular formula is C62H77FN2O4PSi-. The Labute approximate surface area is 430 Å². The molecule has 2 amide bonds. The van der Waals surface area contributed by atoms with Gasteiger partial charge in [0.05, 0.1) is 0 Å². The lowest BCUT2D eigenvalue weighted by Crippen LogP contribution is -3.00. The molecule has 71 heavy (non-hydrogen) atoms. The number of carbonyl (C=O) groups is 3. The van der Waals surface area contributed by atoms with Gasteiger partial charge in [0, 0.05) is 46.2 Å². The van der Waals surface area contributed by atoms with Crippen LogP contribution in [-0.2, 0) is 14.4 Å². The highest BCUT2D eigenvalue weighted by molar-refractivity contribution is 7.93. The summed E-state index contributed by atoms with van der Waals surface area (Å²) in [4.78, 5) is 31.5. The zero-order chi connectivity index (χ0) is 52.2. The largest absolute Gasteiger partial charge is 1.00 e. The maximum Gasteiger partial charge on any atom is 0.243 e. The van der Waals surface area contributed by atoms with Crippen molar-refractivity contribution < 1.29 is 24.2 Å². The second-order valence-electron chi connectivity index (χ2n) is 16.1. The van der Waals surface area contributed by atoms with Gasteiger partial charge in [0.25, 0.3) is 0 Å². The summed E-state index contributed by atoms with van der Waals surface area (Å²) in [5.41, 5.74) is 3.18. The predicted octanol–water partition coefficient (Wildman–Crippen LogP) is 7.19. The number of hydrogen-bond donors (Lipinski definition) is 3. The topological polar surface area (TPSA) is 95.5 Å². The third kappa shape index (κ3) is 41.7. The van der Waals surface area contributed by atoms with E-state index in [-0.39, 0.29) is 23.1 Å². The van der Waals surface area contributed by atoms with Crippen LogP contribution >= 0.6 is 6.89 Å². The van der Waals surface area contributed by atoms with E-state index in [4.69, 9.17) is 24.3 Å². The Morgan fingerprint density at radius 2 is 0.972 bits per heavy atom. The van der Waals surface area contributed by atoms with Crippen molar-refractivity contribution in [1.29, 1.82) is 0 Å². The van der Waals surface area contributed by atoms with Crippen molar-refractivity contribution in [3.8, 4) is 83.5 Å². The quantitative estimate of drug-likeness (QED) is 0.0296. The molecule has 3 rings (SSSR count). The zero-order valence-corrected chi connectivity index (χ0v) is 45.1. The first-order valence-electron chi connectivity index (χ1n) is 24.0. The predicted molar refractivity (Wildman–Crippen MR) is 307 cm³/mol. The van der Waals surface area contributed by atoms with Crippen LogP contribution < -0.4 is 31.3 Å². The van der Waals surface area contributed by atoms with Gasteiger partial charge in [-0.1, -0.05) is 166 Å². The van der Waals surface area contributed by atoms with Crippen molar-refractivity contribution in [1.82, 2.24) is 10.6 Å². The average molecular weight is 992 g/mol. The number of carbonyl (C=O) groups excluding carboxylic acids is 3. The van der Waals surface area contributed by atoms with E-state index in [1.807, 2.05) is 12.2 Å². The van der Waals surface area contributed by atoms with Crippen molar-refractivity contribution in [2.24, 2.45) is 0 Å². The summed E-state index contributed by atoms with van der Waals surface area (Å²) >= 11 is 0. The first-order valence-corrected chi connectivity index (χ1v) is 29.4. The molecule has 6 nitrogen and oxygen atoms in total. The van der Waals surface area contributed by atoms with E-state index in [1.54, 1.807) is 26.2 Å². The van der Waals surface area contributed by atoms with E-state index < -0.39 is 15.0 Å². The summed E-state index contributed by atoms with van der Waals surface area (Å²) in [7, 11) is 1.98. The van der Waals surface area contributed by atoms with Gasteiger partial charge in [0.1, 0.15) is 21.0 Å². The SMILES string of the molecule is C#CC#CCCCC/C=C/C(=O)NC.C#CC#CCCCC/C=C\C(=O)NC.C=P(c1ccccc1)(c1ccccc1)c1ccccc1.CCCCC#CCO.C[Si](C)(C)C#CC#CCCCCC=O.[F-]. The molecule has 3 aromatic carbocycles. The van der Waals surface area contributed by atoms with E-state index in [9.17, 15) is 14.4 Å². The van der Waals surface area contributed by atoms with Gasteiger partial charge in [-0.3, -0.25) is 9.59 Å². The standard InChI is InChI=1S/C19H17P.2C12H15NO.C12H18OSi.C7H12O.FH/c1-20(17-11-5-2-6-12-17,18-13-7-3-8-14-18)19-15-9-4-10-16-19;2*1-3-4-5-6-7-8-9-10-11-12(14)13-2;1-14(2,3)12-10-8-6-4-5-7-9-11-13;1-2-3-4-5-6-7-8;/h2-16H,1H2;2*1,10-11H,6-9H2,2H3,(H,13,14);11H,4-5,7,9H2,1-3H3;8H,2-4,7H2,1H3;1H/p-1/b;11-10+;11-10-;;;. The van der Waals surface area contributed by atoms with Crippen molar-refractivity contribution in [3.63, 3.8) is 0 Å². The lowest BCUT2D eigenvalue weighted by atomic mass is 10.2. The van der Waals surface area contributed by atoms with Crippen LogP contribution in [0.2, 0.25) is 19.6 Å². The van der Waals surface area contributed by atoms with E-state index in [1.165, 1.54) is 22.3 Å². The lowest BCUT2D eigenvalue weighted by Gasteiger charge is -2.26. The van der Waals surface area contributed by atoms with Gasteiger partial charge in [0.2, 0.25) is 11.8 Å². The number of rotatable bonds is 19. The summed E-state index contributed by atoms with van der Waals surface area (Å²) in [5.74, 6) is 29.4. The molecule has 3 N–H and O–H groups in total. The minimum atomic E-state index is -1.78. The Morgan fingerprint density at radius 1 is 0.592 bits per heavy atom. The fourth-order valence-corrected chi connectivity index (χ4v) is 8.77. The second kappa shape index (κ2) is 49.5. The average Bonchev–Trinajstić information content (AvgIpc) is 3.38. The molecule has 0 saturated carbocycles. The summed E-state index contributed by atoms with van der Waals surface area (Å²) in [5, 5.41) is 17.2. The maximum atomic E-state index is 10.7. The van der Waals surface area contributed by atoms with Gasteiger partial charge in [-0.15, -0.1) is 24.3 Å². The first-order chi connectivity index (χ1) is 33.9. The number of hydrogen-bond acceptors (Lipinski definition) is 4. The first kappa shape index (κ1) is 68.3. The van der Waals surface area contributed by atoms with Crippen LogP contribution in [0.5, 0.6) is 0 Å². The highest BCUT2D eigenvalue weighted by Crippen LogP contribution is 2.41. The van der Waals surface area contributed by atoms with Crippen LogP contribution in [-0.4, -0.2) is 58.3 Å². The number of unbranched alkanes of at least 4 members (excludes halogenated alkanes) is 11. The number of benzene rings is 3. The number of nitrogens with one attached hydrogen (secondary N) is 2. The van der Waals surface area contributed by atoms with Gasteiger partial charge >= 0.3 is 0 Å². The molecule has 0 fully saturated rings.